The molecule has 0 heterocycles. The Hall–Kier alpha value is -0.820. The van der Waals surface area contributed by atoms with E-state index in [-0.39, 0.29) is 12.1 Å². The zero-order valence-corrected chi connectivity index (χ0v) is 14.9. The number of nitrogens with one attached hydrogen (secondary N) is 1. The summed E-state index contributed by atoms with van der Waals surface area (Å²) in [4.78, 5) is 0. The van der Waals surface area contributed by atoms with Gasteiger partial charge in [-0.25, -0.2) is 5.43 Å². The van der Waals surface area contributed by atoms with Crippen molar-refractivity contribution in [3.63, 3.8) is 0 Å². The zero-order chi connectivity index (χ0) is 15.4. The molecular formula is C16H18ClIN2O. The van der Waals surface area contributed by atoms with Crippen molar-refractivity contribution in [1.82, 2.24) is 5.43 Å². The van der Waals surface area contributed by atoms with E-state index in [1.165, 1.54) is 0 Å². The van der Waals surface area contributed by atoms with Gasteiger partial charge in [-0.15, -0.1) is 0 Å². The summed E-state index contributed by atoms with van der Waals surface area (Å²) < 4.78 is 6.77. The van der Waals surface area contributed by atoms with E-state index in [1.54, 1.807) is 0 Å². The van der Waals surface area contributed by atoms with Gasteiger partial charge in [0.2, 0.25) is 0 Å². The average Bonchev–Trinajstić information content (AvgIpc) is 2.44. The summed E-state index contributed by atoms with van der Waals surface area (Å²) in [5.74, 6) is 6.60. The first kappa shape index (κ1) is 16.5. The highest BCUT2D eigenvalue weighted by molar-refractivity contribution is 14.1. The molecule has 0 radical (unpaired) electrons. The van der Waals surface area contributed by atoms with Gasteiger partial charge in [-0.2, -0.15) is 0 Å². The maximum atomic E-state index is 6.10. The van der Waals surface area contributed by atoms with Crippen LogP contribution in [-0.4, -0.2) is 6.10 Å². The molecular weight excluding hydrogens is 399 g/mol. The summed E-state index contributed by atoms with van der Waals surface area (Å²) in [5.41, 5.74) is 4.98. The summed E-state index contributed by atoms with van der Waals surface area (Å²) in [7, 11) is 0. The quantitative estimate of drug-likeness (QED) is 0.434. The minimum Gasteiger partial charge on any atom is -0.491 e. The molecule has 0 aliphatic carbocycles. The molecule has 0 aliphatic rings. The van der Waals surface area contributed by atoms with Crippen molar-refractivity contribution in [3.05, 3.63) is 62.2 Å². The molecule has 0 bridgehead atoms. The standard InChI is InChI=1S/C16H18ClIN2O/c1-10(2)21-13-6-3-11(4-7-13)16(20-19)14-9-12(17)5-8-15(14)18/h3-10,16,20H,19H2,1-2H3. The Kier molecular flexibility index (Phi) is 5.87. The average molecular weight is 417 g/mol. The van der Waals surface area contributed by atoms with E-state index in [1.807, 2.05) is 56.3 Å². The molecule has 2 aromatic carbocycles. The van der Waals surface area contributed by atoms with Crippen molar-refractivity contribution in [2.45, 2.75) is 26.0 Å². The fourth-order valence-corrected chi connectivity index (χ4v) is 2.94. The molecule has 1 atom stereocenters. The Labute approximate surface area is 143 Å². The molecule has 112 valence electrons. The number of rotatable bonds is 5. The van der Waals surface area contributed by atoms with Crippen molar-refractivity contribution in [2.24, 2.45) is 5.84 Å². The summed E-state index contributed by atoms with van der Waals surface area (Å²) in [6.45, 7) is 4.01. The zero-order valence-electron chi connectivity index (χ0n) is 11.9. The minimum atomic E-state index is -0.108. The molecule has 0 spiro atoms. The highest BCUT2D eigenvalue weighted by Gasteiger charge is 2.16. The summed E-state index contributed by atoms with van der Waals surface area (Å²) in [6, 6.07) is 13.6. The molecule has 0 aromatic heterocycles. The van der Waals surface area contributed by atoms with Gasteiger partial charge in [0.15, 0.2) is 0 Å². The molecule has 0 saturated heterocycles. The molecule has 2 aromatic rings. The Morgan fingerprint density at radius 2 is 1.81 bits per heavy atom. The van der Waals surface area contributed by atoms with Crippen LogP contribution in [-0.2, 0) is 0 Å². The van der Waals surface area contributed by atoms with E-state index in [9.17, 15) is 0 Å². The molecule has 0 fully saturated rings. The van der Waals surface area contributed by atoms with Gasteiger partial charge in [0.05, 0.1) is 12.1 Å². The number of benzene rings is 2. The van der Waals surface area contributed by atoms with Gasteiger partial charge in [0.1, 0.15) is 5.75 Å². The van der Waals surface area contributed by atoms with Gasteiger partial charge >= 0.3 is 0 Å². The third-order valence-corrected chi connectivity index (χ3v) is 4.24. The maximum Gasteiger partial charge on any atom is 0.119 e. The third-order valence-electron chi connectivity index (χ3n) is 3.02. The molecule has 0 amide bonds. The predicted molar refractivity (Wildman–Crippen MR) is 95.5 cm³/mol. The van der Waals surface area contributed by atoms with Crippen LogP contribution in [0.4, 0.5) is 0 Å². The molecule has 21 heavy (non-hydrogen) atoms. The van der Waals surface area contributed by atoms with Crippen LogP contribution in [0.25, 0.3) is 0 Å². The van der Waals surface area contributed by atoms with E-state index in [0.717, 1.165) is 20.4 Å². The number of ether oxygens (including phenoxy) is 1. The lowest BCUT2D eigenvalue weighted by molar-refractivity contribution is 0.242. The highest BCUT2D eigenvalue weighted by Crippen LogP contribution is 2.29. The normalized spacial score (nSPS) is 12.5. The van der Waals surface area contributed by atoms with Gasteiger partial charge in [-0.3, -0.25) is 5.84 Å². The lowest BCUT2D eigenvalue weighted by atomic mass is 9.99. The molecule has 3 nitrogen and oxygen atoms in total. The van der Waals surface area contributed by atoms with Crippen molar-refractivity contribution < 1.29 is 4.74 Å². The minimum absolute atomic E-state index is 0.108. The molecule has 0 saturated carbocycles. The van der Waals surface area contributed by atoms with E-state index >= 15 is 0 Å². The number of nitrogens with two attached hydrogens (primary N) is 1. The van der Waals surface area contributed by atoms with Crippen LogP contribution in [0.1, 0.15) is 31.0 Å². The predicted octanol–water partition coefficient (Wildman–Crippen LogP) is 4.28. The van der Waals surface area contributed by atoms with Gasteiger partial charge in [-0.1, -0.05) is 23.7 Å². The van der Waals surface area contributed by atoms with Gasteiger partial charge < -0.3 is 4.74 Å². The Bertz CT molecular complexity index is 602. The lowest BCUT2D eigenvalue weighted by Crippen LogP contribution is -2.29. The van der Waals surface area contributed by atoms with Crippen LogP contribution in [0.5, 0.6) is 5.75 Å². The fraction of sp³-hybridized carbons (Fsp3) is 0.250. The largest absolute Gasteiger partial charge is 0.491 e. The van der Waals surface area contributed by atoms with E-state index in [2.05, 4.69) is 28.0 Å². The van der Waals surface area contributed by atoms with Gasteiger partial charge in [0, 0.05) is 8.59 Å². The Morgan fingerprint density at radius 3 is 2.38 bits per heavy atom. The first-order valence-electron chi connectivity index (χ1n) is 6.69. The molecule has 2 rings (SSSR count). The second kappa shape index (κ2) is 7.45. The van der Waals surface area contributed by atoms with Crippen LogP contribution in [0, 0.1) is 3.57 Å². The topological polar surface area (TPSA) is 47.3 Å². The van der Waals surface area contributed by atoms with Crippen molar-refractivity contribution >= 4 is 34.2 Å². The van der Waals surface area contributed by atoms with Gasteiger partial charge in [0.25, 0.3) is 0 Å². The summed E-state index contributed by atoms with van der Waals surface area (Å²) >= 11 is 8.38. The molecule has 5 heteroatoms. The number of hydrogen-bond donors (Lipinski definition) is 2. The van der Waals surface area contributed by atoms with E-state index < -0.39 is 0 Å². The molecule has 1 unspecified atom stereocenters. The number of hydrazine groups is 1. The first-order chi connectivity index (χ1) is 10.0. The lowest BCUT2D eigenvalue weighted by Gasteiger charge is -2.19. The first-order valence-corrected chi connectivity index (χ1v) is 8.14. The van der Waals surface area contributed by atoms with E-state index in [4.69, 9.17) is 22.2 Å². The third kappa shape index (κ3) is 4.32. The van der Waals surface area contributed by atoms with Crippen LogP contribution in [0.2, 0.25) is 5.02 Å². The van der Waals surface area contributed by atoms with E-state index in [0.29, 0.717) is 5.02 Å². The monoisotopic (exact) mass is 416 g/mol. The SMILES string of the molecule is CC(C)Oc1ccc(C(NN)c2cc(Cl)ccc2I)cc1. The van der Waals surface area contributed by atoms with Crippen LogP contribution in [0.3, 0.4) is 0 Å². The smallest absolute Gasteiger partial charge is 0.119 e. The van der Waals surface area contributed by atoms with Crippen molar-refractivity contribution in [3.8, 4) is 5.75 Å². The number of hydrogen-bond acceptors (Lipinski definition) is 3. The molecule has 3 N–H and O–H groups in total. The van der Waals surface area contributed by atoms with Crippen LogP contribution < -0.4 is 16.0 Å². The maximum absolute atomic E-state index is 6.10. The second-order valence-electron chi connectivity index (χ2n) is 5.00. The van der Waals surface area contributed by atoms with Crippen LogP contribution >= 0.6 is 34.2 Å². The summed E-state index contributed by atoms with van der Waals surface area (Å²) in [6.07, 6.45) is 0.160. The highest BCUT2D eigenvalue weighted by atomic mass is 127. The summed E-state index contributed by atoms with van der Waals surface area (Å²) in [5, 5.41) is 0.699. The van der Waals surface area contributed by atoms with Gasteiger partial charge in [-0.05, 0) is 77.9 Å². The Morgan fingerprint density at radius 1 is 1.14 bits per heavy atom. The second-order valence-corrected chi connectivity index (χ2v) is 6.60. The fourth-order valence-electron chi connectivity index (χ4n) is 2.11. The Balaban J connectivity index is 2.31. The van der Waals surface area contributed by atoms with Crippen LogP contribution in [0.15, 0.2) is 42.5 Å². The van der Waals surface area contributed by atoms with Crippen molar-refractivity contribution in [2.75, 3.05) is 0 Å². The van der Waals surface area contributed by atoms with Crippen molar-refractivity contribution in [1.29, 1.82) is 0 Å². The number of halogens is 2. The molecule has 0 aliphatic heterocycles.